The summed E-state index contributed by atoms with van der Waals surface area (Å²) < 4.78 is 5.50. The summed E-state index contributed by atoms with van der Waals surface area (Å²) in [5, 5.41) is 6.95. The quantitative estimate of drug-likeness (QED) is 0.687. The Labute approximate surface area is 125 Å². The Morgan fingerprint density at radius 3 is 3.05 bits per heavy atom. The lowest BCUT2D eigenvalue weighted by molar-refractivity contribution is 0.0966. The molecule has 110 valence electrons. The van der Waals surface area contributed by atoms with E-state index in [1.807, 2.05) is 18.3 Å². The van der Waals surface area contributed by atoms with Crippen LogP contribution in [0, 0.1) is 0 Å². The minimum Gasteiger partial charge on any atom is -0.494 e. The molecular formula is C15H13N5O2. The average Bonchev–Trinajstić information content (AvgIpc) is 3.15. The monoisotopic (exact) mass is 295 g/mol. The SMILES string of the molecule is COc1c(Nc2ncnc3[nH]ccc23)ccc2c1CNC2=O. The van der Waals surface area contributed by atoms with Gasteiger partial charge in [0, 0.05) is 23.9 Å². The topological polar surface area (TPSA) is 91.9 Å². The number of H-pyrrole nitrogens is 1. The number of nitrogens with one attached hydrogen (secondary N) is 3. The van der Waals surface area contributed by atoms with Crippen molar-refractivity contribution in [3.05, 3.63) is 41.9 Å². The van der Waals surface area contributed by atoms with E-state index >= 15 is 0 Å². The molecule has 3 N–H and O–H groups in total. The Morgan fingerprint density at radius 2 is 2.18 bits per heavy atom. The highest BCUT2D eigenvalue weighted by atomic mass is 16.5. The molecule has 0 bridgehead atoms. The van der Waals surface area contributed by atoms with Gasteiger partial charge in [-0.2, -0.15) is 0 Å². The van der Waals surface area contributed by atoms with E-state index in [0.29, 0.717) is 23.7 Å². The summed E-state index contributed by atoms with van der Waals surface area (Å²) in [6, 6.07) is 5.52. The van der Waals surface area contributed by atoms with E-state index in [1.54, 1.807) is 13.2 Å². The van der Waals surface area contributed by atoms with Gasteiger partial charge in [-0.05, 0) is 18.2 Å². The number of fused-ring (bicyclic) bond motifs is 2. The highest BCUT2D eigenvalue weighted by Gasteiger charge is 2.24. The van der Waals surface area contributed by atoms with Crippen molar-refractivity contribution in [3.63, 3.8) is 0 Å². The number of carbonyl (C=O) groups is 1. The minimum atomic E-state index is -0.0742. The van der Waals surface area contributed by atoms with E-state index in [1.165, 1.54) is 6.33 Å². The minimum absolute atomic E-state index is 0.0742. The van der Waals surface area contributed by atoms with Gasteiger partial charge in [-0.3, -0.25) is 4.79 Å². The van der Waals surface area contributed by atoms with Gasteiger partial charge in [-0.15, -0.1) is 0 Å². The molecule has 7 nitrogen and oxygen atoms in total. The normalized spacial score (nSPS) is 13.0. The molecule has 22 heavy (non-hydrogen) atoms. The molecule has 0 radical (unpaired) electrons. The van der Waals surface area contributed by atoms with Crippen LogP contribution in [0.2, 0.25) is 0 Å². The highest BCUT2D eigenvalue weighted by molar-refractivity contribution is 6.00. The van der Waals surface area contributed by atoms with Crippen molar-refractivity contribution < 1.29 is 9.53 Å². The van der Waals surface area contributed by atoms with Gasteiger partial charge in [0.05, 0.1) is 18.2 Å². The third-order valence-electron chi connectivity index (χ3n) is 3.74. The maximum Gasteiger partial charge on any atom is 0.252 e. The number of amides is 1. The molecule has 3 heterocycles. The van der Waals surface area contributed by atoms with E-state index in [0.717, 1.165) is 22.3 Å². The van der Waals surface area contributed by atoms with Gasteiger partial charge in [-0.25, -0.2) is 9.97 Å². The summed E-state index contributed by atoms with van der Waals surface area (Å²) in [6.07, 6.45) is 3.30. The molecule has 4 rings (SSSR count). The van der Waals surface area contributed by atoms with E-state index in [9.17, 15) is 4.79 Å². The zero-order valence-electron chi connectivity index (χ0n) is 11.8. The van der Waals surface area contributed by atoms with Crippen molar-refractivity contribution >= 4 is 28.4 Å². The zero-order chi connectivity index (χ0) is 15.1. The second kappa shape index (κ2) is 4.73. The largest absolute Gasteiger partial charge is 0.494 e. The predicted octanol–water partition coefficient (Wildman–Crippen LogP) is 1.95. The standard InChI is InChI=1S/C15H13N5O2/c1-22-12-10-6-17-15(21)8(10)2-3-11(12)20-14-9-4-5-16-13(9)18-7-19-14/h2-5,7H,6H2,1H3,(H,17,21)(H2,16,18,19,20). The van der Waals surface area contributed by atoms with Crippen LogP contribution in [-0.4, -0.2) is 28.0 Å². The highest BCUT2D eigenvalue weighted by Crippen LogP contribution is 2.36. The maximum absolute atomic E-state index is 11.7. The average molecular weight is 295 g/mol. The molecule has 0 fully saturated rings. The predicted molar refractivity (Wildman–Crippen MR) is 81.3 cm³/mol. The van der Waals surface area contributed by atoms with Gasteiger partial charge in [0.1, 0.15) is 23.5 Å². The molecule has 0 saturated heterocycles. The number of carbonyl (C=O) groups excluding carboxylic acids is 1. The van der Waals surface area contributed by atoms with Gasteiger partial charge in [-0.1, -0.05) is 0 Å². The molecule has 1 aliphatic rings. The van der Waals surface area contributed by atoms with Crippen molar-refractivity contribution in [1.82, 2.24) is 20.3 Å². The van der Waals surface area contributed by atoms with Crippen molar-refractivity contribution in [1.29, 1.82) is 0 Å². The molecule has 0 atom stereocenters. The lowest BCUT2D eigenvalue weighted by Gasteiger charge is -2.14. The molecule has 0 aliphatic carbocycles. The summed E-state index contributed by atoms with van der Waals surface area (Å²) in [5.74, 6) is 1.26. The fourth-order valence-corrected chi connectivity index (χ4v) is 2.71. The first kappa shape index (κ1) is 12.6. The van der Waals surface area contributed by atoms with Gasteiger partial charge >= 0.3 is 0 Å². The maximum atomic E-state index is 11.7. The fraction of sp³-hybridized carbons (Fsp3) is 0.133. The van der Waals surface area contributed by atoms with Crippen LogP contribution >= 0.6 is 0 Å². The second-order valence-corrected chi connectivity index (χ2v) is 4.94. The van der Waals surface area contributed by atoms with Crippen LogP contribution < -0.4 is 15.4 Å². The number of rotatable bonds is 3. The van der Waals surface area contributed by atoms with Crippen LogP contribution in [0.1, 0.15) is 15.9 Å². The Morgan fingerprint density at radius 1 is 1.27 bits per heavy atom. The molecule has 1 amide bonds. The molecule has 2 aromatic heterocycles. The number of aromatic amines is 1. The van der Waals surface area contributed by atoms with Crippen LogP contribution in [0.15, 0.2) is 30.7 Å². The number of nitrogens with zero attached hydrogens (tertiary/aromatic N) is 2. The first-order valence-corrected chi connectivity index (χ1v) is 6.81. The molecule has 0 spiro atoms. The molecule has 1 aliphatic heterocycles. The fourth-order valence-electron chi connectivity index (χ4n) is 2.71. The van der Waals surface area contributed by atoms with Crippen LogP contribution in [-0.2, 0) is 6.54 Å². The second-order valence-electron chi connectivity index (χ2n) is 4.94. The molecule has 7 heteroatoms. The summed E-state index contributed by atoms with van der Waals surface area (Å²) >= 11 is 0. The number of methoxy groups -OCH3 is 1. The Kier molecular flexibility index (Phi) is 2.72. The summed E-state index contributed by atoms with van der Waals surface area (Å²) in [6.45, 7) is 0.468. The van der Waals surface area contributed by atoms with Gasteiger partial charge in [0.15, 0.2) is 0 Å². The Balaban J connectivity index is 1.81. The Bertz CT molecular complexity index is 887. The first-order chi connectivity index (χ1) is 10.8. The Hall–Kier alpha value is -3.09. The first-order valence-electron chi connectivity index (χ1n) is 6.81. The summed E-state index contributed by atoms with van der Waals surface area (Å²) in [5.41, 5.74) is 3.03. The molecule has 3 aromatic rings. The van der Waals surface area contributed by atoms with E-state index in [4.69, 9.17) is 4.74 Å². The van der Waals surface area contributed by atoms with Gasteiger partial charge in [0.25, 0.3) is 5.91 Å². The van der Waals surface area contributed by atoms with Crippen LogP contribution in [0.4, 0.5) is 11.5 Å². The van der Waals surface area contributed by atoms with Crippen LogP contribution in [0.25, 0.3) is 11.0 Å². The number of aromatic nitrogens is 3. The molecule has 0 unspecified atom stereocenters. The molecule has 0 saturated carbocycles. The summed E-state index contributed by atoms with van der Waals surface area (Å²) in [7, 11) is 1.59. The van der Waals surface area contributed by atoms with Gasteiger partial charge in [0.2, 0.25) is 0 Å². The van der Waals surface area contributed by atoms with Crippen molar-refractivity contribution in [2.45, 2.75) is 6.54 Å². The van der Waals surface area contributed by atoms with Crippen molar-refractivity contribution in [2.24, 2.45) is 0 Å². The third-order valence-corrected chi connectivity index (χ3v) is 3.74. The van der Waals surface area contributed by atoms with E-state index in [2.05, 4.69) is 25.6 Å². The molecule has 1 aromatic carbocycles. The third kappa shape index (κ3) is 1.79. The lowest BCUT2D eigenvalue weighted by atomic mass is 10.1. The lowest BCUT2D eigenvalue weighted by Crippen LogP contribution is -2.12. The number of ether oxygens (including phenoxy) is 1. The van der Waals surface area contributed by atoms with Crippen molar-refractivity contribution in [3.8, 4) is 5.75 Å². The number of benzene rings is 1. The van der Waals surface area contributed by atoms with E-state index in [-0.39, 0.29) is 5.91 Å². The van der Waals surface area contributed by atoms with Crippen LogP contribution in [0.3, 0.4) is 0 Å². The number of hydrogen-bond acceptors (Lipinski definition) is 5. The van der Waals surface area contributed by atoms with Crippen LogP contribution in [0.5, 0.6) is 5.75 Å². The smallest absolute Gasteiger partial charge is 0.252 e. The van der Waals surface area contributed by atoms with Gasteiger partial charge < -0.3 is 20.4 Å². The zero-order valence-corrected chi connectivity index (χ0v) is 11.8. The summed E-state index contributed by atoms with van der Waals surface area (Å²) in [4.78, 5) is 23.2. The van der Waals surface area contributed by atoms with Crippen molar-refractivity contribution in [2.75, 3.05) is 12.4 Å². The van der Waals surface area contributed by atoms with E-state index < -0.39 is 0 Å². The molecular weight excluding hydrogens is 282 g/mol. The number of anilines is 2. The number of hydrogen-bond donors (Lipinski definition) is 3.